The first-order valence-electron chi connectivity index (χ1n) is 4.69. The van der Waals surface area contributed by atoms with Crippen LogP contribution in [0.5, 0.6) is 0 Å². The number of halogens is 3. The van der Waals surface area contributed by atoms with Gasteiger partial charge in [0.25, 0.3) is 0 Å². The molecule has 0 saturated carbocycles. The van der Waals surface area contributed by atoms with Crippen molar-refractivity contribution in [2.24, 2.45) is 5.92 Å². The van der Waals surface area contributed by atoms with Crippen molar-refractivity contribution in [1.29, 1.82) is 0 Å². The standard InChI is InChI=1S/C11H11F3O2/c1-7(10(15)16)5-8-3-2-4-9(6-8)11(12,13)14/h2-4,6-7H,5H2,1H3,(H,15,16)/t7-/m1/s1. The Morgan fingerprint density at radius 1 is 1.44 bits per heavy atom. The molecule has 0 unspecified atom stereocenters. The summed E-state index contributed by atoms with van der Waals surface area (Å²) in [4.78, 5) is 10.6. The van der Waals surface area contributed by atoms with Crippen LogP contribution in [-0.2, 0) is 17.4 Å². The van der Waals surface area contributed by atoms with E-state index >= 15 is 0 Å². The molecule has 1 aromatic carbocycles. The van der Waals surface area contributed by atoms with Crippen LogP contribution in [0.2, 0.25) is 0 Å². The molecule has 0 radical (unpaired) electrons. The Morgan fingerprint density at radius 3 is 2.56 bits per heavy atom. The van der Waals surface area contributed by atoms with Gasteiger partial charge in [0.15, 0.2) is 0 Å². The summed E-state index contributed by atoms with van der Waals surface area (Å²) in [6.07, 6.45) is -4.29. The van der Waals surface area contributed by atoms with Crippen molar-refractivity contribution in [3.8, 4) is 0 Å². The molecule has 0 amide bonds. The molecule has 88 valence electrons. The normalized spacial score (nSPS) is 13.5. The van der Waals surface area contributed by atoms with Crippen LogP contribution in [-0.4, -0.2) is 11.1 Å². The first-order chi connectivity index (χ1) is 7.30. The molecule has 0 heterocycles. The molecule has 5 heteroatoms. The Hall–Kier alpha value is -1.52. The van der Waals surface area contributed by atoms with E-state index in [9.17, 15) is 18.0 Å². The Morgan fingerprint density at radius 2 is 2.06 bits per heavy atom. The zero-order chi connectivity index (χ0) is 12.3. The van der Waals surface area contributed by atoms with Crippen LogP contribution in [0, 0.1) is 5.92 Å². The fraction of sp³-hybridized carbons (Fsp3) is 0.364. The molecule has 2 nitrogen and oxygen atoms in total. The number of carboxylic acid groups (broad SMARTS) is 1. The fourth-order valence-electron chi connectivity index (χ4n) is 1.32. The van der Waals surface area contributed by atoms with E-state index in [1.165, 1.54) is 19.1 Å². The first-order valence-corrected chi connectivity index (χ1v) is 4.69. The highest BCUT2D eigenvalue weighted by Gasteiger charge is 2.30. The van der Waals surface area contributed by atoms with Gasteiger partial charge in [-0.15, -0.1) is 0 Å². The van der Waals surface area contributed by atoms with Gasteiger partial charge >= 0.3 is 12.1 Å². The average molecular weight is 232 g/mol. The maximum Gasteiger partial charge on any atom is 0.416 e. The second-order valence-corrected chi connectivity index (χ2v) is 3.64. The molecule has 1 aromatic rings. The lowest BCUT2D eigenvalue weighted by Gasteiger charge is -2.10. The monoisotopic (exact) mass is 232 g/mol. The molecule has 1 atom stereocenters. The average Bonchev–Trinajstić information content (AvgIpc) is 2.16. The first kappa shape index (κ1) is 12.5. The Labute approximate surface area is 90.7 Å². The summed E-state index contributed by atoms with van der Waals surface area (Å²) >= 11 is 0. The fourth-order valence-corrected chi connectivity index (χ4v) is 1.32. The predicted molar refractivity (Wildman–Crippen MR) is 51.9 cm³/mol. The maximum absolute atomic E-state index is 12.3. The van der Waals surface area contributed by atoms with E-state index < -0.39 is 23.6 Å². The molecule has 1 N–H and O–H groups in total. The minimum Gasteiger partial charge on any atom is -0.481 e. The molecule has 1 rings (SSSR count). The van der Waals surface area contributed by atoms with Crippen molar-refractivity contribution in [2.75, 3.05) is 0 Å². The van der Waals surface area contributed by atoms with Gasteiger partial charge in [-0.05, 0) is 18.1 Å². The molecule has 0 aliphatic heterocycles. The summed E-state index contributed by atoms with van der Waals surface area (Å²) in [6.45, 7) is 1.46. The van der Waals surface area contributed by atoms with E-state index in [1.807, 2.05) is 0 Å². The lowest BCUT2D eigenvalue weighted by molar-refractivity contribution is -0.141. The molecule has 0 aliphatic rings. The van der Waals surface area contributed by atoms with Crippen LogP contribution >= 0.6 is 0 Å². The van der Waals surface area contributed by atoms with Gasteiger partial charge in [-0.25, -0.2) is 0 Å². The van der Waals surface area contributed by atoms with Crippen molar-refractivity contribution < 1.29 is 23.1 Å². The van der Waals surface area contributed by atoms with Gasteiger partial charge < -0.3 is 5.11 Å². The zero-order valence-corrected chi connectivity index (χ0v) is 8.58. The van der Waals surface area contributed by atoms with E-state index in [4.69, 9.17) is 5.11 Å². The SMILES string of the molecule is C[C@H](Cc1cccc(C(F)(F)F)c1)C(=O)O. The summed E-state index contributed by atoms with van der Waals surface area (Å²) in [5, 5.41) is 8.65. The number of carboxylic acids is 1. The van der Waals surface area contributed by atoms with Crippen molar-refractivity contribution in [3.05, 3.63) is 35.4 Å². The summed E-state index contributed by atoms with van der Waals surface area (Å²) in [7, 11) is 0. The molecule has 16 heavy (non-hydrogen) atoms. The van der Waals surface area contributed by atoms with E-state index in [-0.39, 0.29) is 6.42 Å². The Kier molecular flexibility index (Phi) is 3.57. The Bertz CT molecular complexity index is 385. The number of benzene rings is 1. The lowest BCUT2D eigenvalue weighted by atomic mass is 9.99. The highest BCUT2D eigenvalue weighted by Crippen LogP contribution is 2.29. The largest absolute Gasteiger partial charge is 0.481 e. The highest BCUT2D eigenvalue weighted by atomic mass is 19.4. The molecule has 0 fully saturated rings. The van der Waals surface area contributed by atoms with E-state index in [0.29, 0.717) is 5.56 Å². The van der Waals surface area contributed by atoms with E-state index in [0.717, 1.165) is 12.1 Å². The quantitative estimate of drug-likeness (QED) is 0.869. The minimum atomic E-state index is -4.39. The van der Waals surface area contributed by atoms with Crippen LogP contribution in [0.15, 0.2) is 24.3 Å². The van der Waals surface area contributed by atoms with Crippen LogP contribution in [0.25, 0.3) is 0 Å². The second-order valence-electron chi connectivity index (χ2n) is 3.64. The van der Waals surface area contributed by atoms with Crippen LogP contribution in [0.1, 0.15) is 18.1 Å². The van der Waals surface area contributed by atoms with Crippen molar-refractivity contribution in [1.82, 2.24) is 0 Å². The number of hydrogen-bond acceptors (Lipinski definition) is 1. The second kappa shape index (κ2) is 4.55. The molecule has 0 bridgehead atoms. The summed E-state index contributed by atoms with van der Waals surface area (Å²) in [5.41, 5.74) is -0.368. The van der Waals surface area contributed by atoms with Crippen molar-refractivity contribution >= 4 is 5.97 Å². The van der Waals surface area contributed by atoms with Crippen LogP contribution < -0.4 is 0 Å². The Balaban J connectivity index is 2.87. The number of alkyl halides is 3. The molecule has 0 saturated heterocycles. The minimum absolute atomic E-state index is 0.0965. The zero-order valence-electron chi connectivity index (χ0n) is 8.58. The summed E-state index contributed by atoms with van der Waals surface area (Å²) < 4.78 is 37.0. The highest BCUT2D eigenvalue weighted by molar-refractivity contribution is 5.69. The molecule has 0 spiro atoms. The van der Waals surface area contributed by atoms with Gasteiger partial charge in [0.2, 0.25) is 0 Å². The molecule has 0 aliphatic carbocycles. The van der Waals surface area contributed by atoms with Gasteiger partial charge in [-0.1, -0.05) is 25.1 Å². The molecular formula is C11H11F3O2. The summed E-state index contributed by atoms with van der Waals surface area (Å²) in [5.74, 6) is -1.71. The van der Waals surface area contributed by atoms with Gasteiger partial charge in [-0.3, -0.25) is 4.79 Å². The number of hydrogen-bond donors (Lipinski definition) is 1. The third kappa shape index (κ3) is 3.25. The van der Waals surface area contributed by atoms with E-state index in [2.05, 4.69) is 0 Å². The van der Waals surface area contributed by atoms with Gasteiger partial charge in [-0.2, -0.15) is 13.2 Å². The number of carbonyl (C=O) groups is 1. The molecular weight excluding hydrogens is 221 g/mol. The third-order valence-corrected chi connectivity index (χ3v) is 2.22. The summed E-state index contributed by atoms with van der Waals surface area (Å²) in [6, 6.07) is 4.73. The number of aliphatic carboxylic acids is 1. The predicted octanol–water partition coefficient (Wildman–Crippen LogP) is 2.97. The van der Waals surface area contributed by atoms with Crippen molar-refractivity contribution in [3.63, 3.8) is 0 Å². The lowest BCUT2D eigenvalue weighted by Crippen LogP contribution is -2.13. The topological polar surface area (TPSA) is 37.3 Å². The smallest absolute Gasteiger partial charge is 0.416 e. The maximum atomic E-state index is 12.3. The van der Waals surface area contributed by atoms with Gasteiger partial charge in [0.1, 0.15) is 0 Å². The molecule has 0 aromatic heterocycles. The number of rotatable bonds is 3. The van der Waals surface area contributed by atoms with Crippen molar-refractivity contribution in [2.45, 2.75) is 19.5 Å². The van der Waals surface area contributed by atoms with E-state index in [1.54, 1.807) is 0 Å². The van der Waals surface area contributed by atoms with Gasteiger partial charge in [0, 0.05) is 0 Å². The van der Waals surface area contributed by atoms with Crippen LogP contribution in [0.4, 0.5) is 13.2 Å². The van der Waals surface area contributed by atoms with Crippen LogP contribution in [0.3, 0.4) is 0 Å². The van der Waals surface area contributed by atoms with Gasteiger partial charge in [0.05, 0.1) is 11.5 Å². The third-order valence-electron chi connectivity index (χ3n) is 2.22.